The fourth-order valence-electron chi connectivity index (χ4n) is 0.919. The highest BCUT2D eigenvalue weighted by atomic mass is 19.1. The summed E-state index contributed by atoms with van der Waals surface area (Å²) in [6.45, 7) is 2.06. The maximum absolute atomic E-state index is 13.1. The molecule has 0 aromatic carbocycles. The number of halogens is 1. The lowest BCUT2D eigenvalue weighted by Gasteiger charge is -2.10. The van der Waals surface area contributed by atoms with Crippen LogP contribution in [-0.4, -0.2) is 27.7 Å². The molecule has 1 aromatic rings. The summed E-state index contributed by atoms with van der Waals surface area (Å²) < 4.78 is 13.1. The molecule has 0 amide bonds. The molecule has 15 heavy (non-hydrogen) atoms. The van der Waals surface area contributed by atoms with Crippen molar-refractivity contribution in [3.8, 4) is 0 Å². The smallest absolute Gasteiger partial charge is 0.239 e. The number of hydrogen-bond acceptors (Lipinski definition) is 6. The predicted molar refractivity (Wildman–Crippen MR) is 54.6 cm³/mol. The van der Waals surface area contributed by atoms with Crippen molar-refractivity contribution in [2.45, 2.75) is 19.4 Å². The minimum atomic E-state index is -0.586. The van der Waals surface area contributed by atoms with Crippen molar-refractivity contribution < 1.29 is 9.50 Å². The second kappa shape index (κ2) is 5.42. The van der Waals surface area contributed by atoms with Crippen LogP contribution >= 0.6 is 0 Å². The van der Waals surface area contributed by atoms with Crippen molar-refractivity contribution >= 4 is 11.8 Å². The molecule has 84 valence electrons. The standard InChI is InChI=1S/C8H14FN5O/c1-2-5(15)3-11-7-6(9)4-12-8(13-7)14-10/h4-5,15H,2-3,10H2,1H3,(H2,11,12,13,14). The van der Waals surface area contributed by atoms with Crippen LogP contribution in [0, 0.1) is 5.82 Å². The van der Waals surface area contributed by atoms with E-state index in [1.807, 2.05) is 6.92 Å². The van der Waals surface area contributed by atoms with Crippen LogP contribution in [0.2, 0.25) is 0 Å². The number of nitrogens with zero attached hydrogens (tertiary/aromatic N) is 2. The maximum Gasteiger partial charge on any atom is 0.239 e. The van der Waals surface area contributed by atoms with Crippen LogP contribution in [0.4, 0.5) is 16.2 Å². The van der Waals surface area contributed by atoms with Gasteiger partial charge in [0.2, 0.25) is 5.95 Å². The third-order valence-electron chi connectivity index (χ3n) is 1.85. The Morgan fingerprint density at radius 2 is 2.40 bits per heavy atom. The SMILES string of the molecule is CCC(O)CNc1nc(NN)ncc1F. The fourth-order valence-corrected chi connectivity index (χ4v) is 0.919. The van der Waals surface area contributed by atoms with Crippen molar-refractivity contribution in [3.05, 3.63) is 12.0 Å². The molecule has 0 fully saturated rings. The average molecular weight is 215 g/mol. The molecule has 6 nitrogen and oxygen atoms in total. The molecule has 7 heteroatoms. The van der Waals surface area contributed by atoms with Crippen LogP contribution in [-0.2, 0) is 0 Å². The Kier molecular flexibility index (Phi) is 4.19. The van der Waals surface area contributed by atoms with E-state index in [1.165, 1.54) is 0 Å². The molecule has 0 aliphatic rings. The van der Waals surface area contributed by atoms with E-state index in [1.54, 1.807) is 0 Å². The first kappa shape index (κ1) is 11.6. The molecule has 0 saturated carbocycles. The van der Waals surface area contributed by atoms with Gasteiger partial charge in [-0.2, -0.15) is 4.98 Å². The monoisotopic (exact) mass is 215 g/mol. The zero-order valence-electron chi connectivity index (χ0n) is 8.37. The molecular formula is C8H14FN5O. The van der Waals surface area contributed by atoms with Crippen LogP contribution in [0.3, 0.4) is 0 Å². The quantitative estimate of drug-likeness (QED) is 0.410. The number of aromatic nitrogens is 2. The zero-order chi connectivity index (χ0) is 11.3. The van der Waals surface area contributed by atoms with Gasteiger partial charge >= 0.3 is 0 Å². The predicted octanol–water partition coefficient (Wildman–Crippen LogP) is 0.0841. The number of nitrogens with two attached hydrogens (primary N) is 1. The Hall–Kier alpha value is -1.47. The number of nitrogen functional groups attached to an aromatic ring is 1. The molecule has 0 bridgehead atoms. The van der Waals surface area contributed by atoms with Crippen molar-refractivity contribution in [2.75, 3.05) is 17.3 Å². The summed E-state index contributed by atoms with van der Waals surface area (Å²) in [6.07, 6.45) is 1.05. The van der Waals surface area contributed by atoms with E-state index in [0.29, 0.717) is 6.42 Å². The molecule has 0 spiro atoms. The Labute approximate surface area is 86.7 Å². The van der Waals surface area contributed by atoms with E-state index >= 15 is 0 Å². The Morgan fingerprint density at radius 3 is 3.00 bits per heavy atom. The second-order valence-electron chi connectivity index (χ2n) is 2.98. The largest absolute Gasteiger partial charge is 0.391 e. The fraction of sp³-hybridized carbons (Fsp3) is 0.500. The van der Waals surface area contributed by atoms with Crippen LogP contribution in [0.1, 0.15) is 13.3 Å². The molecule has 0 aliphatic carbocycles. The summed E-state index contributed by atoms with van der Waals surface area (Å²) in [5.41, 5.74) is 2.20. The lowest BCUT2D eigenvalue weighted by molar-refractivity contribution is 0.183. The normalized spacial score (nSPS) is 12.3. The van der Waals surface area contributed by atoms with Gasteiger partial charge in [0.15, 0.2) is 11.6 Å². The van der Waals surface area contributed by atoms with Gasteiger partial charge in [0.05, 0.1) is 12.3 Å². The van der Waals surface area contributed by atoms with Crippen molar-refractivity contribution in [1.29, 1.82) is 0 Å². The Morgan fingerprint density at radius 1 is 1.67 bits per heavy atom. The number of hydrogen-bond donors (Lipinski definition) is 4. The summed E-state index contributed by atoms with van der Waals surface area (Å²) in [5.74, 6) is 4.63. The number of hydrazine groups is 1. The maximum atomic E-state index is 13.1. The number of nitrogens with one attached hydrogen (secondary N) is 2. The first-order chi connectivity index (χ1) is 7.17. The van der Waals surface area contributed by atoms with Crippen molar-refractivity contribution in [1.82, 2.24) is 9.97 Å². The highest BCUT2D eigenvalue weighted by Gasteiger charge is 2.07. The molecule has 1 unspecified atom stereocenters. The van der Waals surface area contributed by atoms with E-state index in [2.05, 4.69) is 20.7 Å². The highest BCUT2D eigenvalue weighted by molar-refractivity contribution is 5.40. The highest BCUT2D eigenvalue weighted by Crippen LogP contribution is 2.11. The van der Waals surface area contributed by atoms with Gasteiger partial charge < -0.3 is 10.4 Å². The third kappa shape index (κ3) is 3.30. The van der Waals surface area contributed by atoms with E-state index in [4.69, 9.17) is 5.84 Å². The van der Waals surface area contributed by atoms with Gasteiger partial charge in [-0.05, 0) is 6.42 Å². The molecular weight excluding hydrogens is 201 g/mol. The first-order valence-corrected chi connectivity index (χ1v) is 4.58. The zero-order valence-corrected chi connectivity index (χ0v) is 8.37. The Bertz CT molecular complexity index is 322. The number of aliphatic hydroxyl groups is 1. The van der Waals surface area contributed by atoms with Crippen LogP contribution in [0.25, 0.3) is 0 Å². The first-order valence-electron chi connectivity index (χ1n) is 4.58. The van der Waals surface area contributed by atoms with E-state index < -0.39 is 11.9 Å². The van der Waals surface area contributed by atoms with Gasteiger partial charge in [0.25, 0.3) is 0 Å². The van der Waals surface area contributed by atoms with Crippen molar-refractivity contribution in [3.63, 3.8) is 0 Å². The number of anilines is 2. The molecule has 0 radical (unpaired) electrons. The lowest BCUT2D eigenvalue weighted by Crippen LogP contribution is -2.20. The molecule has 1 heterocycles. The van der Waals surface area contributed by atoms with Gasteiger partial charge in [0.1, 0.15) is 0 Å². The molecule has 0 saturated heterocycles. The van der Waals surface area contributed by atoms with Gasteiger partial charge in [-0.3, -0.25) is 5.43 Å². The van der Waals surface area contributed by atoms with Gasteiger partial charge in [-0.15, -0.1) is 0 Å². The van der Waals surface area contributed by atoms with E-state index in [-0.39, 0.29) is 18.3 Å². The van der Waals surface area contributed by atoms with Gasteiger partial charge in [-0.25, -0.2) is 15.2 Å². The summed E-state index contributed by atoms with van der Waals surface area (Å²) in [6, 6.07) is 0. The number of rotatable bonds is 5. The molecule has 5 N–H and O–H groups in total. The lowest BCUT2D eigenvalue weighted by atomic mass is 10.3. The molecule has 1 atom stereocenters. The van der Waals surface area contributed by atoms with E-state index in [0.717, 1.165) is 6.20 Å². The van der Waals surface area contributed by atoms with Crippen molar-refractivity contribution in [2.24, 2.45) is 5.84 Å². The van der Waals surface area contributed by atoms with Crippen LogP contribution < -0.4 is 16.6 Å². The summed E-state index contributed by atoms with van der Waals surface area (Å²) >= 11 is 0. The minimum absolute atomic E-state index is 0.0189. The molecule has 0 aliphatic heterocycles. The minimum Gasteiger partial charge on any atom is -0.391 e. The van der Waals surface area contributed by atoms with Crippen LogP contribution in [0.15, 0.2) is 6.20 Å². The summed E-state index contributed by atoms with van der Waals surface area (Å²) in [5, 5.41) is 11.9. The molecule has 1 aromatic heterocycles. The summed E-state index contributed by atoms with van der Waals surface area (Å²) in [4.78, 5) is 7.33. The van der Waals surface area contributed by atoms with Crippen LogP contribution in [0.5, 0.6) is 0 Å². The topological polar surface area (TPSA) is 96.1 Å². The van der Waals surface area contributed by atoms with Gasteiger partial charge in [-0.1, -0.05) is 6.92 Å². The second-order valence-corrected chi connectivity index (χ2v) is 2.98. The average Bonchev–Trinajstić information content (AvgIpc) is 2.27. The Balaban J connectivity index is 2.66. The molecule has 1 rings (SSSR count). The number of aliphatic hydroxyl groups excluding tert-OH is 1. The summed E-state index contributed by atoms with van der Waals surface area (Å²) in [7, 11) is 0. The van der Waals surface area contributed by atoms with E-state index in [9.17, 15) is 9.50 Å². The van der Waals surface area contributed by atoms with Gasteiger partial charge in [0, 0.05) is 6.54 Å². The third-order valence-corrected chi connectivity index (χ3v) is 1.85.